The molecule has 1 saturated heterocycles. The van der Waals surface area contributed by atoms with Crippen molar-refractivity contribution in [1.29, 1.82) is 0 Å². The molecule has 31 heavy (non-hydrogen) atoms. The summed E-state index contributed by atoms with van der Waals surface area (Å²) >= 11 is 0. The molecular weight excluding hydrogens is 433 g/mol. The molecule has 0 saturated carbocycles. The maximum atomic E-state index is 12.4. The number of phosphoric acid groups is 1. The summed E-state index contributed by atoms with van der Waals surface area (Å²) in [7, 11) is -1.21. The fourth-order valence-electron chi connectivity index (χ4n) is 3.23. The number of hydrogen-bond acceptors (Lipinski definition) is 10. The lowest BCUT2D eigenvalue weighted by Gasteiger charge is -2.23. The van der Waals surface area contributed by atoms with Crippen molar-refractivity contribution < 1.29 is 33.5 Å². The van der Waals surface area contributed by atoms with Crippen LogP contribution in [0.2, 0.25) is 0 Å². The molecule has 1 fully saturated rings. The third-order valence-corrected chi connectivity index (χ3v) is 5.41. The number of nitrogens with one attached hydrogen (secondary N) is 1. The largest absolute Gasteiger partial charge is 0.469 e. The van der Waals surface area contributed by atoms with Crippen molar-refractivity contribution in [3.05, 3.63) is 12.7 Å². The zero-order valence-corrected chi connectivity index (χ0v) is 18.1. The number of nitrogens with zero attached hydrogens (tertiary/aromatic N) is 5. The predicted octanol–water partition coefficient (Wildman–Crippen LogP) is -1.66. The maximum absolute atomic E-state index is 12.4. The van der Waals surface area contributed by atoms with Crippen molar-refractivity contribution in [2.45, 2.75) is 31.4 Å². The number of carbonyl (C=O) groups is 1. The first kappa shape index (κ1) is 23.5. The first-order chi connectivity index (χ1) is 14.5. The number of hydrogen-bond donors (Lipinski definition) is 5. The molecule has 0 bridgehead atoms. The van der Waals surface area contributed by atoms with Crippen molar-refractivity contribution in [3.63, 3.8) is 0 Å². The number of imidazole rings is 1. The molecule has 172 valence electrons. The zero-order chi connectivity index (χ0) is 22.9. The topological polar surface area (TPSA) is 198 Å². The highest BCUT2D eigenvalue weighted by molar-refractivity contribution is 7.46. The van der Waals surface area contributed by atoms with Crippen LogP contribution in [0.3, 0.4) is 0 Å². The molecule has 0 unspecified atom stereocenters. The van der Waals surface area contributed by atoms with Crippen molar-refractivity contribution in [2.75, 3.05) is 32.1 Å². The van der Waals surface area contributed by atoms with Crippen LogP contribution in [0.25, 0.3) is 11.2 Å². The molecule has 0 radical (unpaired) electrons. The van der Waals surface area contributed by atoms with Crippen molar-refractivity contribution >= 4 is 30.7 Å². The first-order valence-electron chi connectivity index (χ1n) is 9.42. The van der Waals surface area contributed by atoms with Crippen LogP contribution in [-0.2, 0) is 18.6 Å². The van der Waals surface area contributed by atoms with Crippen LogP contribution in [0.15, 0.2) is 12.7 Å². The average Bonchev–Trinajstić information content (AvgIpc) is 3.26. The SMILES string of the molecule is C[C@H](CN)C(=O)N[C@H]1[C@@H](O)[C@H](n2cnc3c(N(C)C)ncnc32)O[C@@H]1COP(=O)(O)O. The van der Waals surface area contributed by atoms with E-state index >= 15 is 0 Å². The van der Waals surface area contributed by atoms with E-state index in [0.717, 1.165) is 0 Å². The van der Waals surface area contributed by atoms with Gasteiger partial charge >= 0.3 is 7.82 Å². The molecule has 1 aliphatic heterocycles. The normalized spacial score (nSPS) is 25.0. The highest BCUT2D eigenvalue weighted by atomic mass is 31.2. The van der Waals surface area contributed by atoms with E-state index in [2.05, 4.69) is 24.8 Å². The van der Waals surface area contributed by atoms with Gasteiger partial charge < -0.3 is 35.6 Å². The fraction of sp³-hybridized carbons (Fsp3) is 0.625. The van der Waals surface area contributed by atoms with E-state index in [-0.39, 0.29) is 6.54 Å². The molecule has 3 rings (SSSR count). The van der Waals surface area contributed by atoms with Crippen LogP contribution in [0.1, 0.15) is 13.2 Å². The van der Waals surface area contributed by atoms with Crippen LogP contribution < -0.4 is 16.0 Å². The predicted molar refractivity (Wildman–Crippen MR) is 108 cm³/mol. The molecule has 5 atom stereocenters. The number of anilines is 1. The number of ether oxygens (including phenoxy) is 1. The Labute approximate surface area is 177 Å². The molecule has 1 amide bonds. The number of aliphatic hydroxyl groups excluding tert-OH is 1. The summed E-state index contributed by atoms with van der Waals surface area (Å²) in [5, 5.41) is 13.6. The van der Waals surface area contributed by atoms with Crippen molar-refractivity contribution in [3.8, 4) is 0 Å². The van der Waals surface area contributed by atoms with Gasteiger partial charge in [-0.05, 0) is 0 Å². The highest BCUT2D eigenvalue weighted by Crippen LogP contribution is 2.39. The maximum Gasteiger partial charge on any atom is 0.469 e. The summed E-state index contributed by atoms with van der Waals surface area (Å²) in [6.07, 6.45) is -0.663. The van der Waals surface area contributed by atoms with Crippen LogP contribution >= 0.6 is 7.82 Å². The molecule has 14 nitrogen and oxygen atoms in total. The number of aliphatic hydroxyl groups is 1. The number of amides is 1. The number of phosphoric ester groups is 1. The Balaban J connectivity index is 1.92. The molecule has 0 aliphatic carbocycles. The first-order valence-corrected chi connectivity index (χ1v) is 11.0. The second-order valence-electron chi connectivity index (χ2n) is 7.43. The Morgan fingerprint density at radius 3 is 2.74 bits per heavy atom. The average molecular weight is 459 g/mol. The van der Waals surface area contributed by atoms with E-state index in [1.54, 1.807) is 25.9 Å². The minimum absolute atomic E-state index is 0.0823. The summed E-state index contributed by atoms with van der Waals surface area (Å²) in [5.74, 6) is -0.428. The van der Waals surface area contributed by atoms with Gasteiger partial charge in [-0.15, -0.1) is 0 Å². The monoisotopic (exact) mass is 459 g/mol. The molecule has 0 spiro atoms. The van der Waals surface area contributed by atoms with Gasteiger partial charge in [0.1, 0.15) is 18.5 Å². The van der Waals surface area contributed by atoms with E-state index in [0.29, 0.717) is 17.0 Å². The lowest BCUT2D eigenvalue weighted by Crippen LogP contribution is -2.50. The Morgan fingerprint density at radius 2 is 2.13 bits per heavy atom. The Morgan fingerprint density at radius 1 is 1.42 bits per heavy atom. The lowest BCUT2D eigenvalue weighted by molar-refractivity contribution is -0.126. The van der Waals surface area contributed by atoms with Gasteiger partial charge in [-0.25, -0.2) is 19.5 Å². The van der Waals surface area contributed by atoms with E-state index in [4.69, 9.17) is 20.3 Å². The van der Waals surface area contributed by atoms with Crippen LogP contribution in [0.4, 0.5) is 5.82 Å². The summed E-state index contributed by atoms with van der Waals surface area (Å²) in [6, 6.07) is -1.02. The zero-order valence-electron chi connectivity index (χ0n) is 17.2. The summed E-state index contributed by atoms with van der Waals surface area (Å²) in [6.45, 7) is 1.13. The lowest BCUT2D eigenvalue weighted by atomic mass is 10.1. The molecule has 15 heteroatoms. The number of carbonyl (C=O) groups excluding carboxylic acids is 1. The highest BCUT2D eigenvalue weighted by Gasteiger charge is 2.47. The van der Waals surface area contributed by atoms with Crippen molar-refractivity contribution in [1.82, 2.24) is 24.8 Å². The summed E-state index contributed by atoms with van der Waals surface area (Å²) in [5.41, 5.74) is 6.37. The van der Waals surface area contributed by atoms with Gasteiger partial charge in [-0.2, -0.15) is 0 Å². The van der Waals surface area contributed by atoms with E-state index in [1.807, 2.05) is 0 Å². The second-order valence-corrected chi connectivity index (χ2v) is 8.67. The Bertz CT molecular complexity index is 980. The molecule has 6 N–H and O–H groups in total. The van der Waals surface area contributed by atoms with Crippen molar-refractivity contribution in [2.24, 2.45) is 11.7 Å². The Kier molecular flexibility index (Phi) is 6.91. The van der Waals surface area contributed by atoms with E-state index < -0.39 is 50.7 Å². The van der Waals surface area contributed by atoms with Crippen LogP contribution in [0.5, 0.6) is 0 Å². The van der Waals surface area contributed by atoms with Gasteiger partial charge in [0.2, 0.25) is 5.91 Å². The van der Waals surface area contributed by atoms with Crippen LogP contribution in [-0.4, -0.2) is 85.8 Å². The van der Waals surface area contributed by atoms with E-state index in [9.17, 15) is 14.5 Å². The van der Waals surface area contributed by atoms with Gasteiger partial charge in [0.05, 0.1) is 19.0 Å². The van der Waals surface area contributed by atoms with Gasteiger partial charge in [0.15, 0.2) is 23.2 Å². The third-order valence-electron chi connectivity index (χ3n) is 4.93. The number of fused-ring (bicyclic) bond motifs is 1. The summed E-state index contributed by atoms with van der Waals surface area (Å²) in [4.78, 5) is 44.9. The third kappa shape index (κ3) is 5.01. The minimum Gasteiger partial charge on any atom is -0.386 e. The standard InChI is InChI=1S/C16H26N7O7P/c1-8(4-17)15(25)21-10-9(5-29-31(26,27)28)30-16(12(10)24)23-7-20-11-13(22(2)3)18-6-19-14(11)23/h6-10,12,16,24H,4-5,17H2,1-3H3,(H,21,25)(H2,26,27,28)/t8-,9-,10-,12-,16-/m1/s1. The quantitative estimate of drug-likeness (QED) is 0.282. The molecule has 3 heterocycles. The second kappa shape index (κ2) is 9.12. The molecule has 2 aromatic heterocycles. The summed E-state index contributed by atoms with van der Waals surface area (Å²) < 4.78 is 23.0. The number of nitrogens with two attached hydrogens (primary N) is 1. The van der Waals surface area contributed by atoms with Crippen LogP contribution in [0, 0.1) is 5.92 Å². The number of aromatic nitrogens is 4. The minimum atomic E-state index is -4.80. The van der Waals surface area contributed by atoms with E-state index in [1.165, 1.54) is 17.2 Å². The van der Waals surface area contributed by atoms with Gasteiger partial charge in [-0.3, -0.25) is 13.9 Å². The molecule has 2 aromatic rings. The smallest absolute Gasteiger partial charge is 0.386 e. The van der Waals surface area contributed by atoms with Gasteiger partial charge in [0.25, 0.3) is 0 Å². The number of rotatable bonds is 8. The van der Waals surface area contributed by atoms with Gasteiger partial charge in [0, 0.05) is 26.6 Å². The fourth-order valence-corrected chi connectivity index (χ4v) is 3.57. The molecule has 1 aliphatic rings. The Hall–Kier alpha value is -2.19. The molecular formula is C16H26N7O7P. The molecule has 0 aromatic carbocycles. The van der Waals surface area contributed by atoms with Gasteiger partial charge in [-0.1, -0.05) is 6.92 Å².